The third kappa shape index (κ3) is 3.28. The van der Waals surface area contributed by atoms with Crippen LogP contribution in [0, 0.1) is 11.3 Å². The molecule has 0 radical (unpaired) electrons. The van der Waals surface area contributed by atoms with Gasteiger partial charge in [-0.15, -0.1) is 0 Å². The maximum absolute atomic E-state index is 5.92. The predicted molar refractivity (Wildman–Crippen MR) is 58.0 cm³/mol. The van der Waals surface area contributed by atoms with Crippen LogP contribution in [-0.4, -0.2) is 15.1 Å². The van der Waals surface area contributed by atoms with Gasteiger partial charge in [0.25, 0.3) is 0 Å². The molecule has 0 saturated carbocycles. The summed E-state index contributed by atoms with van der Waals surface area (Å²) in [6.45, 7) is 15.8. The van der Waals surface area contributed by atoms with E-state index >= 15 is 0 Å². The monoisotopic (exact) mass is 188 g/mol. The van der Waals surface area contributed by atoms with Crippen LogP contribution in [0.15, 0.2) is 0 Å². The van der Waals surface area contributed by atoms with E-state index in [4.69, 9.17) is 4.43 Å². The van der Waals surface area contributed by atoms with Gasteiger partial charge in [0.2, 0.25) is 0 Å². The van der Waals surface area contributed by atoms with Crippen molar-refractivity contribution in [3.8, 4) is 0 Å². The predicted octanol–water partition coefficient (Wildman–Crippen LogP) is 3.06. The molecule has 1 unspecified atom stereocenters. The molecule has 0 rings (SSSR count). The minimum atomic E-state index is -0.869. The van der Waals surface area contributed by atoms with E-state index in [1.165, 1.54) is 0 Å². The van der Waals surface area contributed by atoms with Gasteiger partial charge in [-0.3, -0.25) is 0 Å². The molecule has 12 heavy (non-hydrogen) atoms. The van der Waals surface area contributed by atoms with Gasteiger partial charge in [-0.2, -0.15) is 0 Å². The summed E-state index contributed by atoms with van der Waals surface area (Å²) < 4.78 is 5.92. The van der Waals surface area contributed by atoms with E-state index in [1.54, 1.807) is 0 Å². The average Bonchev–Trinajstić information content (AvgIpc) is 1.85. The molecule has 0 aliphatic carbocycles. The Bertz CT molecular complexity index is 130. The highest BCUT2D eigenvalue weighted by molar-refractivity contribution is 6.48. The van der Waals surface area contributed by atoms with Crippen molar-refractivity contribution in [2.24, 2.45) is 11.3 Å². The Morgan fingerprint density at radius 2 is 1.50 bits per heavy atom. The normalized spacial score (nSPS) is 15.8. The summed E-state index contributed by atoms with van der Waals surface area (Å²) >= 11 is 0. The molecular weight excluding hydrogens is 164 g/mol. The molecule has 2 heteroatoms. The lowest BCUT2D eigenvalue weighted by Gasteiger charge is -2.36. The first kappa shape index (κ1) is 12.2. The van der Waals surface area contributed by atoms with E-state index < -0.39 is 9.04 Å². The molecule has 0 aliphatic heterocycles. The molecule has 74 valence electrons. The molecule has 0 aromatic heterocycles. The fraction of sp³-hybridized carbons (Fsp3) is 1.00. The zero-order valence-corrected chi connectivity index (χ0v) is 10.8. The van der Waals surface area contributed by atoms with Crippen LogP contribution in [0.4, 0.5) is 0 Å². The Balaban J connectivity index is 4.15. The minimum absolute atomic E-state index is 0.303. The van der Waals surface area contributed by atoms with E-state index in [0.717, 1.165) is 0 Å². The van der Waals surface area contributed by atoms with E-state index in [9.17, 15) is 0 Å². The van der Waals surface area contributed by atoms with Crippen molar-refractivity contribution < 1.29 is 4.43 Å². The Hall–Kier alpha value is 0.177. The Morgan fingerprint density at radius 1 is 1.08 bits per heavy atom. The van der Waals surface area contributed by atoms with Gasteiger partial charge < -0.3 is 4.43 Å². The summed E-state index contributed by atoms with van der Waals surface area (Å²) in [5.74, 6) is 0.681. The minimum Gasteiger partial charge on any atom is -0.417 e. The van der Waals surface area contributed by atoms with Gasteiger partial charge in [-0.1, -0.05) is 27.7 Å². The van der Waals surface area contributed by atoms with E-state index in [-0.39, 0.29) is 0 Å². The second-order valence-corrected chi connectivity index (χ2v) is 7.17. The molecule has 0 bridgehead atoms. The Kier molecular flexibility index (Phi) is 4.49. The number of rotatable bonds is 4. The SMILES string of the molecule is CC(C)C(C)(C)C(C)O[SiH](C)C. The van der Waals surface area contributed by atoms with Crippen LogP contribution in [0.2, 0.25) is 13.1 Å². The second-order valence-electron chi connectivity index (χ2n) is 4.80. The van der Waals surface area contributed by atoms with E-state index in [1.807, 2.05) is 0 Å². The van der Waals surface area contributed by atoms with Crippen molar-refractivity contribution in [3.63, 3.8) is 0 Å². The molecule has 0 aromatic carbocycles. The van der Waals surface area contributed by atoms with Gasteiger partial charge >= 0.3 is 0 Å². The van der Waals surface area contributed by atoms with Crippen molar-refractivity contribution in [1.29, 1.82) is 0 Å². The fourth-order valence-electron chi connectivity index (χ4n) is 1.05. The van der Waals surface area contributed by atoms with Crippen molar-refractivity contribution >= 4 is 9.04 Å². The molecule has 0 aliphatic rings. The Labute approximate surface area is 79.2 Å². The molecule has 1 nitrogen and oxygen atoms in total. The lowest BCUT2D eigenvalue weighted by Crippen LogP contribution is -2.36. The summed E-state index contributed by atoms with van der Waals surface area (Å²) in [4.78, 5) is 0. The molecular formula is C10H24OSi. The zero-order chi connectivity index (χ0) is 9.94. The topological polar surface area (TPSA) is 9.23 Å². The van der Waals surface area contributed by atoms with Crippen LogP contribution < -0.4 is 0 Å². The Morgan fingerprint density at radius 3 is 1.75 bits per heavy atom. The van der Waals surface area contributed by atoms with Crippen LogP contribution in [0.5, 0.6) is 0 Å². The highest BCUT2D eigenvalue weighted by Crippen LogP contribution is 2.32. The van der Waals surface area contributed by atoms with E-state index in [0.29, 0.717) is 17.4 Å². The largest absolute Gasteiger partial charge is 0.417 e. The molecule has 0 heterocycles. The second kappa shape index (κ2) is 4.42. The summed E-state index contributed by atoms with van der Waals surface area (Å²) in [5.41, 5.74) is 0.303. The number of hydrogen-bond donors (Lipinski definition) is 0. The first-order chi connectivity index (χ1) is 5.28. The molecule has 0 saturated heterocycles. The maximum Gasteiger partial charge on any atom is 0.171 e. The van der Waals surface area contributed by atoms with Gasteiger partial charge in [0.05, 0.1) is 0 Å². The quantitative estimate of drug-likeness (QED) is 0.616. The van der Waals surface area contributed by atoms with Crippen molar-refractivity contribution in [2.75, 3.05) is 0 Å². The molecule has 0 spiro atoms. The molecule has 0 fully saturated rings. The zero-order valence-electron chi connectivity index (χ0n) is 9.64. The molecule has 0 aromatic rings. The van der Waals surface area contributed by atoms with Gasteiger partial charge in [0, 0.05) is 6.10 Å². The first-order valence-corrected chi connectivity index (χ1v) is 7.72. The van der Waals surface area contributed by atoms with Gasteiger partial charge in [0.15, 0.2) is 9.04 Å². The van der Waals surface area contributed by atoms with Crippen molar-refractivity contribution in [2.45, 2.75) is 53.8 Å². The van der Waals surface area contributed by atoms with E-state index in [2.05, 4.69) is 47.7 Å². The molecule has 0 amide bonds. The smallest absolute Gasteiger partial charge is 0.171 e. The van der Waals surface area contributed by atoms with Crippen LogP contribution >= 0.6 is 0 Å². The third-order valence-electron chi connectivity index (χ3n) is 3.01. The summed E-state index contributed by atoms with van der Waals surface area (Å²) in [5, 5.41) is 0. The highest BCUT2D eigenvalue weighted by Gasteiger charge is 2.30. The third-order valence-corrected chi connectivity index (χ3v) is 3.96. The summed E-state index contributed by atoms with van der Waals surface area (Å²) in [7, 11) is -0.869. The molecule has 0 N–H and O–H groups in total. The van der Waals surface area contributed by atoms with Crippen LogP contribution in [0.3, 0.4) is 0 Å². The van der Waals surface area contributed by atoms with Crippen molar-refractivity contribution in [1.82, 2.24) is 0 Å². The molecule has 1 atom stereocenters. The van der Waals surface area contributed by atoms with Crippen molar-refractivity contribution in [3.05, 3.63) is 0 Å². The lowest BCUT2D eigenvalue weighted by atomic mass is 9.77. The number of hydrogen-bond acceptors (Lipinski definition) is 1. The first-order valence-electron chi connectivity index (χ1n) is 4.94. The van der Waals surface area contributed by atoms with Gasteiger partial charge in [-0.05, 0) is 31.4 Å². The van der Waals surface area contributed by atoms with Gasteiger partial charge in [0.1, 0.15) is 0 Å². The summed E-state index contributed by atoms with van der Waals surface area (Å²) in [6, 6.07) is 0. The standard InChI is InChI=1S/C10H24OSi/c1-8(2)10(4,5)9(3)11-12(6)7/h8-9,12H,1-7H3. The van der Waals surface area contributed by atoms with Gasteiger partial charge in [-0.25, -0.2) is 0 Å². The summed E-state index contributed by atoms with van der Waals surface area (Å²) in [6.07, 6.45) is 0.393. The van der Waals surface area contributed by atoms with Crippen LogP contribution in [-0.2, 0) is 4.43 Å². The fourth-order valence-corrected chi connectivity index (χ4v) is 2.22. The van der Waals surface area contributed by atoms with Crippen LogP contribution in [0.1, 0.15) is 34.6 Å². The highest BCUT2D eigenvalue weighted by atomic mass is 28.3. The average molecular weight is 188 g/mol. The van der Waals surface area contributed by atoms with Crippen LogP contribution in [0.25, 0.3) is 0 Å². The lowest BCUT2D eigenvalue weighted by molar-refractivity contribution is 0.0506. The maximum atomic E-state index is 5.92.